The molecule has 0 aliphatic heterocycles. The first-order valence-electron chi connectivity index (χ1n) is 11.0. The Balaban J connectivity index is 1.51. The molecule has 0 saturated carbocycles. The van der Waals surface area contributed by atoms with Crippen LogP contribution in [0.1, 0.15) is 22.6 Å². The van der Waals surface area contributed by atoms with E-state index in [1.165, 1.54) is 0 Å². The first-order chi connectivity index (χ1) is 16.9. The molecule has 8 heteroatoms. The Hall–Kier alpha value is -4.46. The van der Waals surface area contributed by atoms with Gasteiger partial charge in [0.25, 0.3) is 0 Å². The average Bonchev–Trinajstić information content (AvgIpc) is 3.16. The van der Waals surface area contributed by atoms with Gasteiger partial charge in [-0.15, -0.1) is 0 Å². The molecule has 178 valence electrons. The van der Waals surface area contributed by atoms with Crippen molar-refractivity contribution >= 4 is 23.8 Å². The Bertz CT molecular complexity index is 1210. The van der Waals surface area contributed by atoms with E-state index in [4.69, 9.17) is 4.74 Å². The van der Waals surface area contributed by atoms with Crippen molar-refractivity contribution in [2.24, 2.45) is 5.92 Å². The van der Waals surface area contributed by atoms with Gasteiger partial charge in [0, 0.05) is 5.92 Å². The number of benzene rings is 3. The number of fused-ring (bicyclic) bond motifs is 3. The Kier molecular flexibility index (Phi) is 6.91. The fourth-order valence-electron chi connectivity index (χ4n) is 4.41. The average molecular weight is 473 g/mol. The molecule has 1 amide bonds. The highest BCUT2D eigenvalue weighted by Crippen LogP contribution is 2.44. The van der Waals surface area contributed by atoms with E-state index < -0.39 is 35.8 Å². The highest BCUT2D eigenvalue weighted by Gasteiger charge is 2.39. The van der Waals surface area contributed by atoms with Crippen LogP contribution in [0, 0.1) is 5.92 Å². The molecule has 1 aliphatic carbocycles. The summed E-state index contributed by atoms with van der Waals surface area (Å²) in [6.45, 7) is -0.00655. The summed E-state index contributed by atoms with van der Waals surface area (Å²) in [5.41, 5.74) is 4.75. The molecule has 3 N–H and O–H groups in total. The van der Waals surface area contributed by atoms with Gasteiger partial charge in [0.2, 0.25) is 5.92 Å². The summed E-state index contributed by atoms with van der Waals surface area (Å²) in [7, 11) is 0. The standard InChI is InChI=1S/C27H23NO7/c29-24(23(25(30)31)26(32)33)22(14-16-8-2-1-3-9-16)28-27(34)35-15-21-19-12-6-4-10-17(19)18-11-5-7-13-20(18)21/h1-13,21-23H,14-15H2,(H,28,34)(H,30,31)(H,32,33)/t22-/m0/s1. The van der Waals surface area contributed by atoms with Crippen molar-refractivity contribution in [3.63, 3.8) is 0 Å². The Morgan fingerprint density at radius 3 is 1.83 bits per heavy atom. The van der Waals surface area contributed by atoms with Crippen molar-refractivity contribution in [1.29, 1.82) is 0 Å². The van der Waals surface area contributed by atoms with Gasteiger partial charge in [-0.2, -0.15) is 0 Å². The molecule has 0 saturated heterocycles. The number of carboxylic acids is 2. The minimum Gasteiger partial charge on any atom is -0.480 e. The van der Waals surface area contributed by atoms with Gasteiger partial charge in [0.15, 0.2) is 5.78 Å². The SMILES string of the molecule is O=C(N[C@@H](Cc1ccccc1)C(=O)C(C(=O)O)C(=O)O)OCC1c2ccccc2-c2ccccc21. The molecule has 0 bridgehead atoms. The first kappa shape index (κ1) is 23.7. The fraction of sp³-hybridized carbons (Fsp3) is 0.185. The number of hydrogen-bond acceptors (Lipinski definition) is 5. The summed E-state index contributed by atoms with van der Waals surface area (Å²) >= 11 is 0. The maximum Gasteiger partial charge on any atom is 0.407 e. The van der Waals surface area contributed by atoms with Crippen LogP contribution in [-0.4, -0.2) is 46.7 Å². The number of carbonyl (C=O) groups excluding carboxylic acids is 2. The maximum absolute atomic E-state index is 12.8. The maximum atomic E-state index is 12.8. The van der Waals surface area contributed by atoms with E-state index in [0.29, 0.717) is 5.56 Å². The van der Waals surface area contributed by atoms with Crippen LogP contribution in [0.4, 0.5) is 4.79 Å². The van der Waals surface area contributed by atoms with Crippen molar-refractivity contribution < 1.29 is 34.1 Å². The number of carbonyl (C=O) groups is 4. The molecule has 3 aromatic rings. The highest BCUT2D eigenvalue weighted by atomic mass is 16.5. The zero-order valence-electron chi connectivity index (χ0n) is 18.6. The number of nitrogens with one attached hydrogen (secondary N) is 1. The van der Waals surface area contributed by atoms with Crippen molar-refractivity contribution in [1.82, 2.24) is 5.32 Å². The van der Waals surface area contributed by atoms with E-state index >= 15 is 0 Å². The third-order valence-corrected chi connectivity index (χ3v) is 6.04. The summed E-state index contributed by atoms with van der Waals surface area (Å²) in [4.78, 5) is 48.4. The second-order valence-electron chi connectivity index (χ2n) is 8.22. The zero-order chi connectivity index (χ0) is 24.9. The minimum absolute atomic E-state index is 0.00655. The number of carboxylic acid groups (broad SMARTS) is 2. The van der Waals surface area contributed by atoms with Crippen molar-refractivity contribution in [3.8, 4) is 11.1 Å². The Morgan fingerprint density at radius 2 is 1.29 bits per heavy atom. The molecule has 0 fully saturated rings. The number of ketones is 1. The van der Waals surface area contributed by atoms with E-state index in [-0.39, 0.29) is 18.9 Å². The minimum atomic E-state index is -2.31. The molecule has 0 aromatic heterocycles. The van der Waals surface area contributed by atoms with Crippen molar-refractivity contribution in [3.05, 3.63) is 95.6 Å². The van der Waals surface area contributed by atoms with E-state index in [2.05, 4.69) is 5.32 Å². The molecule has 35 heavy (non-hydrogen) atoms. The number of amides is 1. The van der Waals surface area contributed by atoms with Gasteiger partial charge >= 0.3 is 18.0 Å². The smallest absolute Gasteiger partial charge is 0.407 e. The molecule has 0 heterocycles. The van der Waals surface area contributed by atoms with Gasteiger partial charge in [-0.05, 0) is 34.2 Å². The predicted octanol–water partition coefficient (Wildman–Crippen LogP) is 3.49. The molecule has 1 aliphatic rings. The second-order valence-corrected chi connectivity index (χ2v) is 8.22. The van der Waals surface area contributed by atoms with E-state index in [1.807, 2.05) is 48.5 Å². The summed E-state index contributed by atoms with van der Waals surface area (Å²) in [6, 6.07) is 22.8. The lowest BCUT2D eigenvalue weighted by Gasteiger charge is -2.21. The number of alkyl carbamates (subject to hydrolysis) is 1. The Labute approximate surface area is 201 Å². The molecule has 3 aromatic carbocycles. The van der Waals surface area contributed by atoms with Crippen LogP contribution in [0.5, 0.6) is 0 Å². The zero-order valence-corrected chi connectivity index (χ0v) is 18.6. The number of hydrogen-bond donors (Lipinski definition) is 3. The topological polar surface area (TPSA) is 130 Å². The summed E-state index contributed by atoms with van der Waals surface area (Å²) in [6.07, 6.45) is -1.02. The van der Waals surface area contributed by atoms with E-state index in [9.17, 15) is 29.4 Å². The highest BCUT2D eigenvalue weighted by molar-refractivity contribution is 6.16. The number of rotatable bonds is 9. The van der Waals surface area contributed by atoms with Crippen LogP contribution in [0.3, 0.4) is 0 Å². The molecule has 0 radical (unpaired) electrons. The van der Waals surface area contributed by atoms with Crippen molar-refractivity contribution in [2.45, 2.75) is 18.4 Å². The Morgan fingerprint density at radius 1 is 0.771 bits per heavy atom. The van der Waals surface area contributed by atoms with Gasteiger partial charge in [-0.25, -0.2) is 4.79 Å². The lowest BCUT2D eigenvalue weighted by atomic mass is 9.93. The monoisotopic (exact) mass is 473 g/mol. The van der Waals surface area contributed by atoms with E-state index in [1.54, 1.807) is 30.3 Å². The lowest BCUT2D eigenvalue weighted by molar-refractivity contribution is -0.158. The predicted molar refractivity (Wildman–Crippen MR) is 126 cm³/mol. The molecule has 1 atom stereocenters. The summed E-state index contributed by atoms with van der Waals surface area (Å²) in [5.74, 6) is -7.24. The first-order valence-corrected chi connectivity index (χ1v) is 11.0. The van der Waals surface area contributed by atoms with Crippen LogP contribution < -0.4 is 5.32 Å². The quantitative estimate of drug-likeness (QED) is 0.406. The molecular weight excluding hydrogens is 450 g/mol. The summed E-state index contributed by atoms with van der Waals surface area (Å²) in [5, 5.41) is 20.9. The molecule has 8 nitrogen and oxygen atoms in total. The van der Waals surface area contributed by atoms with Crippen LogP contribution in [-0.2, 0) is 25.5 Å². The summed E-state index contributed by atoms with van der Waals surface area (Å²) < 4.78 is 5.46. The van der Waals surface area contributed by atoms with Crippen LogP contribution in [0.2, 0.25) is 0 Å². The van der Waals surface area contributed by atoms with E-state index in [0.717, 1.165) is 22.3 Å². The van der Waals surface area contributed by atoms with Gasteiger partial charge in [0.1, 0.15) is 6.61 Å². The van der Waals surface area contributed by atoms with Crippen LogP contribution in [0.15, 0.2) is 78.9 Å². The van der Waals surface area contributed by atoms with Crippen molar-refractivity contribution in [2.75, 3.05) is 6.61 Å². The van der Waals surface area contributed by atoms with Gasteiger partial charge < -0.3 is 20.3 Å². The normalized spacial score (nSPS) is 12.9. The number of ether oxygens (including phenoxy) is 1. The van der Waals surface area contributed by atoms with Crippen LogP contribution in [0.25, 0.3) is 11.1 Å². The lowest BCUT2D eigenvalue weighted by Crippen LogP contribution is -2.49. The second kappa shape index (κ2) is 10.2. The molecule has 0 spiro atoms. The van der Waals surface area contributed by atoms with Gasteiger partial charge in [0.05, 0.1) is 6.04 Å². The third kappa shape index (κ3) is 5.06. The number of aliphatic carboxylic acids is 2. The van der Waals surface area contributed by atoms with Crippen LogP contribution >= 0.6 is 0 Å². The fourth-order valence-corrected chi connectivity index (χ4v) is 4.41. The molecular formula is C27H23NO7. The largest absolute Gasteiger partial charge is 0.480 e. The van der Waals surface area contributed by atoms with Gasteiger partial charge in [-0.3, -0.25) is 14.4 Å². The molecule has 0 unspecified atom stereocenters. The number of Topliss-reactive ketones (excluding diaryl/α,β-unsaturated/α-hetero) is 1. The third-order valence-electron chi connectivity index (χ3n) is 6.04. The molecule has 4 rings (SSSR count). The van der Waals surface area contributed by atoms with Gasteiger partial charge in [-0.1, -0.05) is 78.9 Å².